The molecule has 1 aromatic carbocycles. The Labute approximate surface area is 159 Å². The predicted molar refractivity (Wildman–Crippen MR) is 94.1 cm³/mol. The Morgan fingerprint density at radius 2 is 1.82 bits per heavy atom. The molecule has 1 aliphatic rings. The number of nitrogens with zero attached hydrogens (tertiary/aromatic N) is 2. The van der Waals surface area contributed by atoms with Crippen LogP contribution in [0.5, 0.6) is 0 Å². The van der Waals surface area contributed by atoms with Gasteiger partial charge in [-0.05, 0) is 26.0 Å². The van der Waals surface area contributed by atoms with Crippen molar-refractivity contribution in [3.8, 4) is 0 Å². The zero-order valence-corrected chi connectivity index (χ0v) is 15.8. The largest absolute Gasteiger partial charge is 0.387 e. The Bertz CT molecular complexity index is 1080. The van der Waals surface area contributed by atoms with Crippen molar-refractivity contribution < 1.29 is 27.6 Å². The number of ether oxygens (including phenoxy) is 1. The van der Waals surface area contributed by atoms with Crippen molar-refractivity contribution in [3.63, 3.8) is 0 Å². The van der Waals surface area contributed by atoms with Crippen molar-refractivity contribution >= 4 is 10.1 Å². The number of aliphatic hydroxyl groups excluding tert-OH is 2. The average molecular weight is 413 g/mol. The van der Waals surface area contributed by atoms with Crippen molar-refractivity contribution in [2.75, 3.05) is 6.61 Å². The van der Waals surface area contributed by atoms with Crippen LogP contribution in [-0.2, 0) is 19.0 Å². The lowest BCUT2D eigenvalue weighted by molar-refractivity contribution is -0.0583. The van der Waals surface area contributed by atoms with Crippen molar-refractivity contribution in [2.24, 2.45) is 0 Å². The predicted octanol–water partition coefficient (Wildman–Crippen LogP) is -1.43. The van der Waals surface area contributed by atoms with E-state index in [-0.39, 0.29) is 10.6 Å². The quantitative estimate of drug-likeness (QED) is 0.499. The summed E-state index contributed by atoms with van der Waals surface area (Å²) in [4.78, 5) is 25.3. The molecule has 4 atom stereocenters. The third-order valence-corrected chi connectivity index (χ3v) is 5.59. The van der Waals surface area contributed by atoms with Crippen LogP contribution >= 0.6 is 0 Å². The second-order valence-electron chi connectivity index (χ2n) is 6.39. The molecule has 2 aromatic rings. The van der Waals surface area contributed by atoms with E-state index >= 15 is 0 Å². The highest BCUT2D eigenvalue weighted by atomic mass is 32.2. The summed E-state index contributed by atoms with van der Waals surface area (Å²) >= 11 is 0. The first-order chi connectivity index (χ1) is 13.1. The summed E-state index contributed by atoms with van der Waals surface area (Å²) in [6.45, 7) is 2.55. The highest BCUT2D eigenvalue weighted by Gasteiger charge is 2.45. The Hall–Kier alpha value is -2.38. The zero-order chi connectivity index (χ0) is 20.6. The van der Waals surface area contributed by atoms with Gasteiger partial charge >= 0.3 is 5.69 Å². The van der Waals surface area contributed by atoms with Crippen LogP contribution in [0.15, 0.2) is 38.8 Å². The lowest BCUT2D eigenvalue weighted by Crippen LogP contribution is -2.40. The Kier molecular flexibility index (Phi) is 5.50. The smallest absolute Gasteiger partial charge is 0.347 e. The standard InChI is InChI=1S/C16H19N3O8S/c1-8-3-5-10(6-4-8)28(24,25)26-7-11-12(20)13(21)15(27-11)19-16(23)17-14(22)9(2)18-19/h3-6,11-13,15,20-21H,7H2,1-2H3,(H,17,22,23)/t11-,12-,13+,15-/m1/s1. The molecule has 1 fully saturated rings. The highest BCUT2D eigenvalue weighted by Crippen LogP contribution is 2.28. The van der Waals surface area contributed by atoms with Crippen molar-refractivity contribution in [1.82, 2.24) is 14.8 Å². The molecule has 0 radical (unpaired) electrons. The number of H-pyrrole nitrogens is 1. The van der Waals surface area contributed by atoms with Gasteiger partial charge in [-0.1, -0.05) is 17.7 Å². The second-order valence-corrected chi connectivity index (χ2v) is 8.00. The lowest BCUT2D eigenvalue weighted by atomic mass is 10.1. The van der Waals surface area contributed by atoms with Crippen LogP contribution in [0.1, 0.15) is 17.5 Å². The summed E-state index contributed by atoms with van der Waals surface area (Å²) < 4.78 is 35.5. The number of aliphatic hydroxyl groups is 2. The van der Waals surface area contributed by atoms with Gasteiger partial charge in [-0.15, -0.1) is 0 Å². The van der Waals surface area contributed by atoms with Gasteiger partial charge < -0.3 is 14.9 Å². The van der Waals surface area contributed by atoms with E-state index in [1.54, 1.807) is 19.1 Å². The van der Waals surface area contributed by atoms with E-state index in [4.69, 9.17) is 8.92 Å². The summed E-state index contributed by atoms with van der Waals surface area (Å²) in [5, 5.41) is 24.1. The molecule has 0 spiro atoms. The zero-order valence-electron chi connectivity index (χ0n) is 15.0. The molecule has 1 saturated heterocycles. The van der Waals surface area contributed by atoms with Gasteiger partial charge in [0, 0.05) is 0 Å². The topological polar surface area (TPSA) is 161 Å². The first-order valence-electron chi connectivity index (χ1n) is 8.27. The van der Waals surface area contributed by atoms with Gasteiger partial charge in [0.15, 0.2) is 6.23 Å². The van der Waals surface area contributed by atoms with Crippen LogP contribution in [0, 0.1) is 13.8 Å². The SMILES string of the molecule is Cc1ccc(S(=O)(=O)OC[C@H]2O[C@@H](n3nc(C)c(=O)[nH]c3=O)[C@@H](O)[C@@H]2O)cc1. The van der Waals surface area contributed by atoms with Gasteiger partial charge in [-0.3, -0.25) is 14.0 Å². The van der Waals surface area contributed by atoms with E-state index in [1.165, 1.54) is 19.1 Å². The summed E-state index contributed by atoms with van der Waals surface area (Å²) in [6, 6.07) is 5.96. The third-order valence-electron chi connectivity index (χ3n) is 4.29. The molecule has 12 heteroatoms. The maximum atomic E-state index is 12.2. The van der Waals surface area contributed by atoms with Crippen LogP contribution in [0.3, 0.4) is 0 Å². The van der Waals surface area contributed by atoms with Gasteiger partial charge in [0.1, 0.15) is 24.0 Å². The second kappa shape index (κ2) is 7.56. The van der Waals surface area contributed by atoms with Crippen LogP contribution in [0.2, 0.25) is 0 Å². The Morgan fingerprint density at radius 1 is 1.18 bits per heavy atom. The monoisotopic (exact) mass is 413 g/mol. The first-order valence-corrected chi connectivity index (χ1v) is 9.68. The number of hydrogen-bond donors (Lipinski definition) is 3. The molecule has 0 aliphatic carbocycles. The van der Waals surface area contributed by atoms with Gasteiger partial charge in [-0.2, -0.15) is 18.2 Å². The Balaban J connectivity index is 1.76. The molecule has 0 unspecified atom stereocenters. The minimum absolute atomic E-state index is 0.0495. The summed E-state index contributed by atoms with van der Waals surface area (Å²) in [7, 11) is -4.11. The van der Waals surface area contributed by atoms with E-state index < -0.39 is 52.5 Å². The van der Waals surface area contributed by atoms with E-state index in [2.05, 4.69) is 5.10 Å². The van der Waals surface area contributed by atoms with E-state index in [0.29, 0.717) is 4.68 Å². The number of aromatic amines is 1. The summed E-state index contributed by atoms with van der Waals surface area (Å²) in [5.41, 5.74) is -0.820. The molecular formula is C16H19N3O8S. The van der Waals surface area contributed by atoms with Gasteiger partial charge in [0.2, 0.25) is 0 Å². The molecule has 0 bridgehead atoms. The fourth-order valence-electron chi connectivity index (χ4n) is 2.67. The van der Waals surface area contributed by atoms with Crippen LogP contribution in [-0.4, -0.2) is 58.3 Å². The number of nitrogens with one attached hydrogen (secondary N) is 1. The molecule has 3 N–H and O–H groups in total. The fourth-order valence-corrected chi connectivity index (χ4v) is 3.59. The highest BCUT2D eigenvalue weighted by molar-refractivity contribution is 7.86. The van der Waals surface area contributed by atoms with Crippen molar-refractivity contribution in [2.45, 2.75) is 43.3 Å². The maximum absolute atomic E-state index is 12.2. The minimum Gasteiger partial charge on any atom is -0.387 e. The van der Waals surface area contributed by atoms with E-state index in [0.717, 1.165) is 5.56 Å². The van der Waals surface area contributed by atoms with E-state index in [9.17, 15) is 28.2 Å². The molecule has 3 rings (SSSR count). The summed E-state index contributed by atoms with van der Waals surface area (Å²) in [6.07, 6.45) is -5.81. The van der Waals surface area contributed by atoms with Gasteiger partial charge in [0.05, 0.1) is 11.5 Å². The molecule has 2 heterocycles. The molecule has 11 nitrogen and oxygen atoms in total. The molecule has 152 valence electrons. The molecule has 0 amide bonds. The number of hydrogen-bond acceptors (Lipinski definition) is 9. The molecule has 1 aromatic heterocycles. The summed E-state index contributed by atoms with van der Waals surface area (Å²) in [5.74, 6) is 0. The molecule has 1 aliphatic heterocycles. The molecular weight excluding hydrogens is 394 g/mol. The van der Waals surface area contributed by atoms with Crippen molar-refractivity contribution in [1.29, 1.82) is 0 Å². The van der Waals surface area contributed by atoms with E-state index in [1.807, 2.05) is 4.98 Å². The fraction of sp³-hybridized carbons (Fsp3) is 0.438. The maximum Gasteiger partial charge on any atom is 0.347 e. The number of aromatic nitrogens is 3. The average Bonchev–Trinajstić information content (AvgIpc) is 2.92. The molecule has 28 heavy (non-hydrogen) atoms. The Morgan fingerprint density at radius 3 is 2.46 bits per heavy atom. The molecule has 0 saturated carbocycles. The van der Waals surface area contributed by atoms with Gasteiger partial charge in [-0.25, -0.2) is 4.79 Å². The third kappa shape index (κ3) is 3.91. The van der Waals surface area contributed by atoms with Crippen molar-refractivity contribution in [3.05, 3.63) is 56.4 Å². The van der Waals surface area contributed by atoms with Crippen LogP contribution < -0.4 is 11.2 Å². The first kappa shape index (κ1) is 20.4. The lowest BCUT2D eigenvalue weighted by Gasteiger charge is -2.16. The van der Waals surface area contributed by atoms with Gasteiger partial charge in [0.25, 0.3) is 15.7 Å². The van der Waals surface area contributed by atoms with Crippen LogP contribution in [0.25, 0.3) is 0 Å². The normalized spacial score (nSPS) is 25.1. The number of rotatable bonds is 5. The number of aryl methyl sites for hydroxylation is 2. The minimum atomic E-state index is -4.11. The van der Waals surface area contributed by atoms with Crippen LogP contribution in [0.4, 0.5) is 0 Å². The number of benzene rings is 1.